The largest absolute Gasteiger partial charge is 0.477 e. The molecule has 0 radical (unpaired) electrons. The number of aromatic carboxylic acids is 1. The molecule has 2 aliphatic heterocycles. The summed E-state index contributed by atoms with van der Waals surface area (Å²) in [4.78, 5) is 19.3. The highest BCUT2D eigenvalue weighted by Crippen LogP contribution is 2.43. The van der Waals surface area contributed by atoms with E-state index in [2.05, 4.69) is 16.9 Å². The number of hydrazone groups is 1. The number of benzene rings is 1. The minimum atomic E-state index is -0.923. The Balaban J connectivity index is 0.00000117. The normalized spacial score (nSPS) is 20.1. The van der Waals surface area contributed by atoms with Crippen molar-refractivity contribution in [1.82, 2.24) is 5.01 Å². The van der Waals surface area contributed by atoms with Crippen LogP contribution >= 0.6 is 22.9 Å². The van der Waals surface area contributed by atoms with E-state index in [-0.39, 0.29) is 12.2 Å². The first kappa shape index (κ1) is 21.3. The molecule has 0 fully saturated rings. The quantitative estimate of drug-likeness (QED) is 0.718. The number of likely N-dealkylation sites (N-methyl/N-ethyl adjacent to an activating group) is 1. The van der Waals surface area contributed by atoms with Gasteiger partial charge in [0, 0.05) is 23.2 Å². The molecule has 3 heterocycles. The monoisotopic (exact) mass is 432 g/mol. The Hall–Kier alpha value is -2.38. The molecule has 29 heavy (non-hydrogen) atoms. The molecule has 154 valence electrons. The Bertz CT molecular complexity index is 997. The van der Waals surface area contributed by atoms with Gasteiger partial charge in [0.15, 0.2) is 0 Å². The number of fused-ring (bicyclic) bond motifs is 3. The molecular formula is C21H25ClN4O2S. The van der Waals surface area contributed by atoms with Crippen molar-refractivity contribution in [2.75, 3.05) is 11.9 Å². The zero-order valence-corrected chi connectivity index (χ0v) is 19.0. The number of thiophene rings is 1. The maximum Gasteiger partial charge on any atom is 0.346 e. The zero-order chi connectivity index (χ0) is 21.5. The molecule has 6 nitrogen and oxygen atoms in total. The Morgan fingerprint density at radius 3 is 2.41 bits per heavy atom. The number of carbonyl (C=O) groups is 1. The van der Waals surface area contributed by atoms with Crippen molar-refractivity contribution in [1.29, 1.82) is 0 Å². The number of rotatable bonds is 2. The van der Waals surface area contributed by atoms with Gasteiger partial charge in [-0.2, -0.15) is 5.10 Å². The van der Waals surface area contributed by atoms with E-state index in [9.17, 15) is 9.90 Å². The fourth-order valence-corrected chi connectivity index (χ4v) is 5.15. The highest BCUT2D eigenvalue weighted by Gasteiger charge is 2.41. The van der Waals surface area contributed by atoms with Crippen molar-refractivity contribution < 1.29 is 9.90 Å². The topological polar surface area (TPSA) is 68.5 Å². The van der Waals surface area contributed by atoms with Crippen LogP contribution in [0.15, 0.2) is 34.4 Å². The van der Waals surface area contributed by atoms with Gasteiger partial charge in [0.1, 0.15) is 21.9 Å². The molecule has 2 atom stereocenters. The molecule has 0 amide bonds. The molecule has 4 rings (SSSR count). The van der Waals surface area contributed by atoms with Crippen LogP contribution in [-0.2, 0) is 0 Å². The van der Waals surface area contributed by atoms with Crippen molar-refractivity contribution in [2.45, 2.75) is 46.8 Å². The van der Waals surface area contributed by atoms with Crippen LogP contribution < -0.4 is 4.90 Å². The fraction of sp³-hybridized carbons (Fsp3) is 0.381. The number of carboxylic acids is 1. The van der Waals surface area contributed by atoms with Gasteiger partial charge in [-0.25, -0.2) is 4.79 Å². The molecule has 2 unspecified atom stereocenters. The predicted octanol–water partition coefficient (Wildman–Crippen LogP) is 5.09. The minimum absolute atomic E-state index is 0.0610. The Morgan fingerprint density at radius 2 is 1.83 bits per heavy atom. The van der Waals surface area contributed by atoms with E-state index >= 15 is 0 Å². The molecule has 0 aliphatic carbocycles. The predicted molar refractivity (Wildman–Crippen MR) is 121 cm³/mol. The summed E-state index contributed by atoms with van der Waals surface area (Å²) in [7, 11) is 1.92. The molecule has 0 saturated carbocycles. The SMILES string of the molecule is CC.CC1=NN(C)C2C(C)N=C(c3ccc(Cl)cc3)c3c(sc(C(=O)O)c3C)N12. The summed E-state index contributed by atoms with van der Waals surface area (Å²) < 4.78 is 0. The summed E-state index contributed by atoms with van der Waals surface area (Å²) in [6.07, 6.45) is -0.0896. The Morgan fingerprint density at radius 1 is 1.21 bits per heavy atom. The van der Waals surface area contributed by atoms with Crippen molar-refractivity contribution >= 4 is 45.5 Å². The Labute approximate surface area is 180 Å². The van der Waals surface area contributed by atoms with Gasteiger partial charge >= 0.3 is 5.97 Å². The minimum Gasteiger partial charge on any atom is -0.477 e. The van der Waals surface area contributed by atoms with E-state index in [0.717, 1.165) is 33.2 Å². The lowest BCUT2D eigenvalue weighted by Crippen LogP contribution is -2.46. The maximum absolute atomic E-state index is 11.8. The maximum atomic E-state index is 11.8. The third kappa shape index (κ3) is 3.53. The molecule has 2 aliphatic rings. The summed E-state index contributed by atoms with van der Waals surface area (Å²) in [5, 5.41) is 17.7. The van der Waals surface area contributed by atoms with Gasteiger partial charge in [0.25, 0.3) is 0 Å². The van der Waals surface area contributed by atoms with E-state index < -0.39 is 5.97 Å². The number of amidine groups is 1. The second kappa shape index (κ2) is 8.16. The van der Waals surface area contributed by atoms with Gasteiger partial charge in [0.2, 0.25) is 0 Å². The standard InChI is InChI=1S/C19H19ClN4O2S.C2H6/c1-9-14-15(12-5-7-13(20)8-6-12)21-10(2)17-23(4)22-11(3)24(17)18(14)27-16(9)19(25)26;1-2/h5-8,10,17H,1-4H3,(H,25,26);1-2H3. The van der Waals surface area contributed by atoms with E-state index in [4.69, 9.17) is 16.6 Å². The van der Waals surface area contributed by atoms with Crippen LogP contribution in [0.3, 0.4) is 0 Å². The van der Waals surface area contributed by atoms with Crippen LogP contribution in [0.25, 0.3) is 0 Å². The first-order chi connectivity index (χ1) is 13.8. The number of halogens is 1. The number of hydrogen-bond acceptors (Lipinski definition) is 6. The number of hydrogen-bond donors (Lipinski definition) is 1. The van der Waals surface area contributed by atoms with Crippen molar-refractivity contribution in [3.8, 4) is 0 Å². The zero-order valence-electron chi connectivity index (χ0n) is 17.4. The molecule has 2 aromatic rings. The molecule has 0 saturated heterocycles. The number of aliphatic imine (C=N–C) groups is 1. The van der Waals surface area contributed by atoms with Gasteiger partial charge in [-0.15, -0.1) is 11.3 Å². The number of carboxylic acid groups (broad SMARTS) is 1. The van der Waals surface area contributed by atoms with Crippen LogP contribution in [0, 0.1) is 6.92 Å². The lowest BCUT2D eigenvalue weighted by molar-refractivity contribution is 0.0701. The van der Waals surface area contributed by atoms with Gasteiger partial charge < -0.3 is 5.11 Å². The van der Waals surface area contributed by atoms with E-state index in [0.29, 0.717) is 9.90 Å². The van der Waals surface area contributed by atoms with Crippen LogP contribution in [0.2, 0.25) is 5.02 Å². The average molecular weight is 433 g/mol. The molecular weight excluding hydrogens is 408 g/mol. The molecule has 0 bridgehead atoms. The number of nitrogens with zero attached hydrogens (tertiary/aromatic N) is 4. The first-order valence-corrected chi connectivity index (χ1v) is 10.8. The second-order valence-electron chi connectivity index (χ2n) is 6.77. The van der Waals surface area contributed by atoms with E-state index in [1.807, 2.05) is 64.0 Å². The molecule has 1 aromatic heterocycles. The first-order valence-electron chi connectivity index (χ1n) is 9.57. The average Bonchev–Trinajstić information content (AvgIpc) is 3.13. The van der Waals surface area contributed by atoms with Crippen molar-refractivity contribution in [3.63, 3.8) is 0 Å². The van der Waals surface area contributed by atoms with E-state index in [1.165, 1.54) is 11.3 Å². The summed E-state index contributed by atoms with van der Waals surface area (Å²) in [6.45, 7) is 9.85. The molecule has 1 N–H and O–H groups in total. The highest BCUT2D eigenvalue weighted by atomic mass is 35.5. The third-order valence-electron chi connectivity index (χ3n) is 4.96. The molecule has 1 aromatic carbocycles. The van der Waals surface area contributed by atoms with Crippen LogP contribution in [-0.4, -0.2) is 46.9 Å². The van der Waals surface area contributed by atoms with Crippen LogP contribution in [0.1, 0.15) is 54.1 Å². The van der Waals surface area contributed by atoms with Crippen molar-refractivity contribution in [3.05, 3.63) is 50.9 Å². The van der Waals surface area contributed by atoms with Gasteiger partial charge in [-0.3, -0.25) is 14.9 Å². The van der Waals surface area contributed by atoms with Crippen molar-refractivity contribution in [2.24, 2.45) is 10.1 Å². The summed E-state index contributed by atoms with van der Waals surface area (Å²) in [5.41, 5.74) is 3.31. The molecule has 0 spiro atoms. The number of anilines is 1. The lowest BCUT2D eigenvalue weighted by Gasteiger charge is -2.30. The summed E-state index contributed by atoms with van der Waals surface area (Å²) in [5.74, 6) is -0.0888. The fourth-order valence-electron chi connectivity index (χ4n) is 3.80. The lowest BCUT2D eigenvalue weighted by atomic mass is 9.99. The van der Waals surface area contributed by atoms with Crippen LogP contribution in [0.4, 0.5) is 5.00 Å². The van der Waals surface area contributed by atoms with Gasteiger partial charge in [-0.05, 0) is 38.5 Å². The summed E-state index contributed by atoms with van der Waals surface area (Å²) >= 11 is 7.34. The molecule has 8 heteroatoms. The summed E-state index contributed by atoms with van der Waals surface area (Å²) in [6, 6.07) is 7.45. The van der Waals surface area contributed by atoms with Gasteiger partial charge in [0.05, 0.1) is 11.8 Å². The van der Waals surface area contributed by atoms with E-state index in [1.54, 1.807) is 0 Å². The smallest absolute Gasteiger partial charge is 0.346 e. The Kier molecular flexibility index (Phi) is 6.00. The second-order valence-corrected chi connectivity index (χ2v) is 8.21. The van der Waals surface area contributed by atoms with Gasteiger partial charge in [-0.1, -0.05) is 37.6 Å². The van der Waals surface area contributed by atoms with Crippen LogP contribution in [0.5, 0.6) is 0 Å². The highest BCUT2D eigenvalue weighted by molar-refractivity contribution is 7.18. The third-order valence-corrected chi connectivity index (χ3v) is 6.49.